The standard InChI is InChI=1S/C4H6O.Na.H/c1-3-4(2)5;;/h3H,1H2,2H3;;. The molecule has 0 heterocycles. The van der Waals surface area contributed by atoms with Gasteiger partial charge in [0.1, 0.15) is 0 Å². The average Bonchev–Trinajstić information content (AvgIpc) is 1.38. The second-order valence-corrected chi connectivity index (χ2v) is 0.815. The Morgan fingerprint density at radius 2 is 2.00 bits per heavy atom. The molecule has 0 atom stereocenters. The molecule has 0 aromatic heterocycles. The summed E-state index contributed by atoms with van der Waals surface area (Å²) in [6.45, 7) is 4.68. The maximum absolute atomic E-state index is 9.69. The first-order valence-corrected chi connectivity index (χ1v) is 1.40. The molecule has 0 aromatic carbocycles. The van der Waals surface area contributed by atoms with Crippen LogP contribution in [0.4, 0.5) is 0 Å². The van der Waals surface area contributed by atoms with Crippen molar-refractivity contribution in [3.63, 3.8) is 0 Å². The first kappa shape index (κ1) is 9.65. The van der Waals surface area contributed by atoms with Gasteiger partial charge in [0, 0.05) is 0 Å². The van der Waals surface area contributed by atoms with Crippen molar-refractivity contribution in [2.75, 3.05) is 0 Å². The number of allylic oxidation sites excluding steroid dienone is 1. The van der Waals surface area contributed by atoms with E-state index in [4.69, 9.17) is 0 Å². The molecule has 0 aliphatic heterocycles. The fourth-order valence-electron chi connectivity index (χ4n) is 0. The van der Waals surface area contributed by atoms with E-state index in [2.05, 4.69) is 6.58 Å². The third kappa shape index (κ3) is 8.83. The Bertz CT molecular complexity index is 58.6. The Labute approximate surface area is 59.7 Å². The van der Waals surface area contributed by atoms with Gasteiger partial charge in [0.25, 0.3) is 0 Å². The Balaban J connectivity index is 0. The molecule has 0 bridgehead atoms. The molecule has 0 aromatic rings. The van der Waals surface area contributed by atoms with Gasteiger partial charge in [-0.3, -0.25) is 4.79 Å². The van der Waals surface area contributed by atoms with E-state index in [0.717, 1.165) is 0 Å². The molecule has 0 aliphatic carbocycles. The topological polar surface area (TPSA) is 17.1 Å². The first-order valence-electron chi connectivity index (χ1n) is 1.40. The van der Waals surface area contributed by atoms with E-state index in [-0.39, 0.29) is 35.3 Å². The normalized spacial score (nSPS) is 5.50. The molecule has 0 unspecified atom stereocenters. The third-order valence-electron chi connectivity index (χ3n) is 0.287. The van der Waals surface area contributed by atoms with Crippen LogP contribution < -0.4 is 0 Å². The van der Waals surface area contributed by atoms with Crippen molar-refractivity contribution in [2.45, 2.75) is 6.92 Å². The van der Waals surface area contributed by atoms with E-state index in [9.17, 15) is 4.79 Å². The summed E-state index contributed by atoms with van der Waals surface area (Å²) in [5, 5.41) is 0. The summed E-state index contributed by atoms with van der Waals surface area (Å²) in [4.78, 5) is 9.69. The van der Waals surface area contributed by atoms with Crippen LogP contribution in [0.2, 0.25) is 0 Å². The summed E-state index contributed by atoms with van der Waals surface area (Å²) in [5.74, 6) is 0.0185. The SMILES string of the molecule is C=CC(C)=O.[NaH]. The van der Waals surface area contributed by atoms with Gasteiger partial charge >= 0.3 is 29.6 Å². The van der Waals surface area contributed by atoms with Crippen LogP contribution in [0.1, 0.15) is 6.92 Å². The average molecular weight is 94.1 g/mol. The van der Waals surface area contributed by atoms with Crippen LogP contribution in [0.3, 0.4) is 0 Å². The second kappa shape index (κ2) is 5.41. The molecule has 0 radical (unpaired) electrons. The van der Waals surface area contributed by atoms with E-state index < -0.39 is 0 Å². The summed E-state index contributed by atoms with van der Waals surface area (Å²) in [5.41, 5.74) is 0. The van der Waals surface area contributed by atoms with Crippen molar-refractivity contribution in [1.82, 2.24) is 0 Å². The van der Waals surface area contributed by atoms with E-state index in [1.807, 2.05) is 0 Å². The predicted octanol–water partition coefficient (Wildman–Crippen LogP) is 0.113. The molecule has 2 heteroatoms. The fourth-order valence-corrected chi connectivity index (χ4v) is 0. The number of carbonyl (C=O) groups excluding carboxylic acids is 1. The quantitative estimate of drug-likeness (QED) is 0.333. The maximum atomic E-state index is 9.69. The van der Waals surface area contributed by atoms with Gasteiger partial charge in [-0.1, -0.05) is 6.58 Å². The van der Waals surface area contributed by atoms with Gasteiger partial charge in [0.05, 0.1) is 0 Å². The number of ketones is 1. The Morgan fingerprint density at radius 3 is 2.00 bits per heavy atom. The number of hydrogen-bond donors (Lipinski definition) is 0. The van der Waals surface area contributed by atoms with Crippen molar-refractivity contribution in [3.8, 4) is 0 Å². The minimum absolute atomic E-state index is 0. The molecule has 0 N–H and O–H groups in total. The molecule has 0 rings (SSSR count). The summed E-state index contributed by atoms with van der Waals surface area (Å²) >= 11 is 0. The molecule has 30 valence electrons. The first-order chi connectivity index (χ1) is 2.27. The molecule has 1 nitrogen and oxygen atoms in total. The Kier molecular flexibility index (Phi) is 8.70. The van der Waals surface area contributed by atoms with Crippen LogP contribution in [0.25, 0.3) is 0 Å². The van der Waals surface area contributed by atoms with Crippen molar-refractivity contribution in [3.05, 3.63) is 12.7 Å². The zero-order valence-corrected chi connectivity index (χ0v) is 3.19. The van der Waals surface area contributed by atoms with Crippen LogP contribution in [-0.2, 0) is 4.79 Å². The number of hydrogen-bond acceptors (Lipinski definition) is 1. The van der Waals surface area contributed by atoms with Gasteiger partial charge < -0.3 is 0 Å². The molecule has 0 fully saturated rings. The molecule has 0 aliphatic rings. The van der Waals surface area contributed by atoms with Crippen LogP contribution in [-0.4, -0.2) is 35.3 Å². The van der Waals surface area contributed by atoms with Crippen molar-refractivity contribution in [2.24, 2.45) is 0 Å². The van der Waals surface area contributed by atoms with Crippen LogP contribution in [0.15, 0.2) is 12.7 Å². The van der Waals surface area contributed by atoms with E-state index in [1.54, 1.807) is 0 Å². The third-order valence-corrected chi connectivity index (χ3v) is 0.287. The summed E-state index contributed by atoms with van der Waals surface area (Å²) in [7, 11) is 0. The van der Waals surface area contributed by atoms with Gasteiger partial charge in [-0.05, 0) is 13.0 Å². The molecule has 0 spiro atoms. The summed E-state index contributed by atoms with van der Waals surface area (Å²) in [6.07, 6.45) is 1.28. The monoisotopic (exact) mass is 94.0 g/mol. The van der Waals surface area contributed by atoms with Crippen LogP contribution >= 0.6 is 0 Å². The van der Waals surface area contributed by atoms with Crippen molar-refractivity contribution in [1.29, 1.82) is 0 Å². The fraction of sp³-hybridized carbons (Fsp3) is 0.250. The van der Waals surface area contributed by atoms with Crippen LogP contribution in [0, 0.1) is 0 Å². The van der Waals surface area contributed by atoms with E-state index >= 15 is 0 Å². The van der Waals surface area contributed by atoms with Crippen molar-refractivity contribution >= 4 is 35.3 Å². The van der Waals surface area contributed by atoms with Gasteiger partial charge in [-0.2, -0.15) is 0 Å². The summed E-state index contributed by atoms with van der Waals surface area (Å²) < 4.78 is 0. The van der Waals surface area contributed by atoms with E-state index in [1.165, 1.54) is 13.0 Å². The second-order valence-electron chi connectivity index (χ2n) is 0.815. The zero-order chi connectivity index (χ0) is 4.28. The predicted molar refractivity (Wildman–Crippen MR) is 28.0 cm³/mol. The van der Waals surface area contributed by atoms with Gasteiger partial charge in [0.2, 0.25) is 0 Å². The molecular formula is C4H7NaO. The molecule has 0 saturated carbocycles. The van der Waals surface area contributed by atoms with Gasteiger partial charge in [-0.15, -0.1) is 0 Å². The molecular weight excluding hydrogens is 87.0 g/mol. The number of carbonyl (C=O) groups is 1. The molecule has 0 saturated heterocycles. The Hall–Kier alpha value is 0.410. The minimum atomic E-state index is 0. The number of rotatable bonds is 1. The van der Waals surface area contributed by atoms with Gasteiger partial charge in [-0.25, -0.2) is 0 Å². The molecule has 6 heavy (non-hydrogen) atoms. The molecule has 0 amide bonds. The van der Waals surface area contributed by atoms with Crippen LogP contribution in [0.5, 0.6) is 0 Å². The van der Waals surface area contributed by atoms with E-state index in [0.29, 0.717) is 0 Å². The zero-order valence-electron chi connectivity index (χ0n) is 3.19. The summed E-state index contributed by atoms with van der Waals surface area (Å²) in [6, 6.07) is 0. The Morgan fingerprint density at radius 1 is 1.83 bits per heavy atom. The van der Waals surface area contributed by atoms with Crippen molar-refractivity contribution < 1.29 is 4.79 Å². The van der Waals surface area contributed by atoms with Gasteiger partial charge in [0.15, 0.2) is 5.78 Å².